The van der Waals surface area contributed by atoms with Crippen LogP contribution in [0.4, 0.5) is 0 Å². The van der Waals surface area contributed by atoms with Gasteiger partial charge in [-0.25, -0.2) is 19.2 Å². The van der Waals surface area contributed by atoms with Crippen LogP contribution in [0.15, 0.2) is 18.2 Å². The van der Waals surface area contributed by atoms with Gasteiger partial charge < -0.3 is 95.5 Å². The van der Waals surface area contributed by atoms with Gasteiger partial charge in [0.2, 0.25) is 28.6 Å². The molecule has 0 saturated heterocycles. The number of phenols is 12. The van der Waals surface area contributed by atoms with Crippen molar-refractivity contribution in [3.8, 4) is 80.1 Å². The van der Waals surface area contributed by atoms with Gasteiger partial charge in [0, 0.05) is 34.2 Å². The van der Waals surface area contributed by atoms with Gasteiger partial charge in [0.1, 0.15) is 18.8 Å². The highest BCUT2D eigenvalue weighted by Gasteiger charge is 2.62. The Balaban J connectivity index is 1.51. The van der Waals surface area contributed by atoms with Crippen LogP contribution in [0, 0.1) is 0 Å². The summed E-state index contributed by atoms with van der Waals surface area (Å²) in [7, 11) is 0. The summed E-state index contributed by atoms with van der Waals surface area (Å²) in [5.74, 6) is -22.8. The maximum atomic E-state index is 14.2. The van der Waals surface area contributed by atoms with Crippen LogP contribution in [0.25, 0.3) is 11.1 Å². The highest BCUT2D eigenvalue weighted by molar-refractivity contribution is 6.10. The number of hydrogen-bond acceptors (Lipinski definition) is 23. The number of benzene rings is 4. The number of carbonyl (C=O) groups is 4. The molecule has 4 aromatic carbocycles. The van der Waals surface area contributed by atoms with Crippen molar-refractivity contribution in [3.05, 3.63) is 57.1 Å². The molecule has 0 spiro atoms. The molecule has 0 amide bonds. The first-order chi connectivity index (χ1) is 27.7. The Morgan fingerprint density at radius 2 is 1.03 bits per heavy atom. The lowest BCUT2D eigenvalue weighted by atomic mass is 9.76. The number of ether oxygens (including phenoxy) is 4. The van der Waals surface area contributed by atoms with E-state index in [9.17, 15) is 95.8 Å². The summed E-state index contributed by atoms with van der Waals surface area (Å²) in [6, 6.07) is 1.43. The van der Waals surface area contributed by atoms with Gasteiger partial charge in [0.25, 0.3) is 0 Å². The maximum Gasteiger partial charge on any atom is 0.340 e. The zero-order valence-electron chi connectivity index (χ0n) is 29.1. The van der Waals surface area contributed by atoms with Crippen molar-refractivity contribution >= 4 is 23.9 Å². The summed E-state index contributed by atoms with van der Waals surface area (Å²) >= 11 is 0. The SMILES string of the molecule is O=C1OC[C@@H](O)[C@H]([C@@H]2OC(=O)c3cc(O)c(O)c(O)c3-c3c(O)c(O)c(O)c4c3C(=O)O[C@]2(CO)[C@@H]4O)OC(=O)c2cc(O)c(O)c(O)c2Cc2c1cc(O)c(O)c2O. The Labute approximate surface area is 325 Å². The summed E-state index contributed by atoms with van der Waals surface area (Å²) in [6.07, 6.45) is -11.9. The van der Waals surface area contributed by atoms with Gasteiger partial charge in [-0.2, -0.15) is 0 Å². The zero-order valence-corrected chi connectivity index (χ0v) is 29.1. The Kier molecular flexibility index (Phi) is 8.98. The molecule has 23 nitrogen and oxygen atoms in total. The van der Waals surface area contributed by atoms with Crippen molar-refractivity contribution in [1.29, 1.82) is 0 Å². The second-order valence-corrected chi connectivity index (χ2v) is 13.4. The van der Waals surface area contributed by atoms with Crippen molar-refractivity contribution in [3.63, 3.8) is 0 Å². The predicted molar refractivity (Wildman–Crippen MR) is 182 cm³/mol. The van der Waals surface area contributed by atoms with Crippen molar-refractivity contribution in [2.45, 2.75) is 36.4 Å². The molecule has 59 heavy (non-hydrogen) atoms. The van der Waals surface area contributed by atoms with E-state index in [4.69, 9.17) is 18.9 Å². The van der Waals surface area contributed by atoms with Gasteiger partial charge in [-0.1, -0.05) is 0 Å². The lowest BCUT2D eigenvalue weighted by Gasteiger charge is -2.47. The molecular formula is C36H28O23. The topological polar surface area (TPSA) is 409 Å². The van der Waals surface area contributed by atoms with Crippen LogP contribution < -0.4 is 0 Å². The monoisotopic (exact) mass is 828 g/mol. The molecule has 4 bridgehead atoms. The van der Waals surface area contributed by atoms with E-state index in [0.717, 1.165) is 0 Å². The maximum absolute atomic E-state index is 14.2. The van der Waals surface area contributed by atoms with Crippen LogP contribution in [0.5, 0.6) is 69.0 Å². The van der Waals surface area contributed by atoms with E-state index in [1.54, 1.807) is 0 Å². The summed E-state index contributed by atoms with van der Waals surface area (Å²) in [5.41, 5.74) is -12.1. The summed E-state index contributed by atoms with van der Waals surface area (Å²) in [4.78, 5) is 55.8. The van der Waals surface area contributed by atoms with Gasteiger partial charge in [-0.3, -0.25) is 0 Å². The number of phenolic OH excluding ortho intramolecular Hbond substituents is 12. The molecule has 4 heterocycles. The van der Waals surface area contributed by atoms with E-state index >= 15 is 0 Å². The molecule has 310 valence electrons. The zero-order chi connectivity index (χ0) is 43.3. The van der Waals surface area contributed by atoms with Gasteiger partial charge in [-0.05, 0) is 18.2 Å². The molecule has 23 heteroatoms. The molecular weight excluding hydrogens is 800 g/mol. The first-order valence-electron chi connectivity index (χ1n) is 16.6. The number of rotatable bonds is 2. The van der Waals surface area contributed by atoms with Gasteiger partial charge in [0.05, 0.1) is 28.9 Å². The standard InChI is InChI=1S/C36H28O23/c37-6-36-30(51)19-18(35(55)59-36)17(26(48)28(50)27(19)49)16-11(4-14(40)24(46)25(16)47)34(54)58-31(36)29-15(41)5-56-32(52)9-2-12(38)22(44)20(42)7(9)1-8-10(33(53)57-29)3-13(39)23(45)21(8)43/h2-4,15,29-31,37-51H,1,5-6H2/t15-,29-,30-,31+,36-/m1/s1. The van der Waals surface area contributed by atoms with E-state index in [2.05, 4.69) is 0 Å². The first kappa shape index (κ1) is 39.5. The lowest BCUT2D eigenvalue weighted by molar-refractivity contribution is -0.217. The number of aliphatic hydroxyl groups excluding tert-OH is 3. The van der Waals surface area contributed by atoms with E-state index in [1.165, 1.54) is 0 Å². The third-order valence-electron chi connectivity index (χ3n) is 10.2. The van der Waals surface area contributed by atoms with Crippen molar-refractivity contribution in [2.75, 3.05) is 13.2 Å². The molecule has 5 atom stereocenters. The van der Waals surface area contributed by atoms with E-state index in [1.807, 2.05) is 0 Å². The average molecular weight is 829 g/mol. The van der Waals surface area contributed by atoms with Crippen LogP contribution in [-0.4, -0.2) is 138 Å². The summed E-state index contributed by atoms with van der Waals surface area (Å²) < 4.78 is 21.6. The fourth-order valence-electron chi connectivity index (χ4n) is 7.21. The molecule has 0 unspecified atom stereocenters. The normalized spacial score (nSPS) is 22.6. The molecule has 4 aliphatic heterocycles. The number of aromatic hydroxyl groups is 12. The smallest absolute Gasteiger partial charge is 0.340 e. The second kappa shape index (κ2) is 13.4. The Morgan fingerprint density at radius 1 is 0.542 bits per heavy atom. The minimum absolute atomic E-state index is 0.405. The summed E-state index contributed by atoms with van der Waals surface area (Å²) in [6.45, 7) is -3.08. The molecule has 0 fully saturated rings. The van der Waals surface area contributed by atoms with Gasteiger partial charge in [0.15, 0.2) is 58.2 Å². The number of hydrogen-bond donors (Lipinski definition) is 15. The fraction of sp³-hybridized carbons (Fsp3) is 0.222. The number of esters is 4. The highest BCUT2D eigenvalue weighted by atomic mass is 16.6. The Bertz CT molecular complexity index is 2560. The minimum Gasteiger partial charge on any atom is -0.504 e. The molecule has 4 aromatic rings. The van der Waals surface area contributed by atoms with Crippen LogP contribution in [0.2, 0.25) is 0 Å². The first-order valence-corrected chi connectivity index (χ1v) is 16.6. The minimum atomic E-state index is -3.28. The average Bonchev–Trinajstić information content (AvgIpc) is 3.19. The van der Waals surface area contributed by atoms with Crippen LogP contribution in [0.1, 0.15) is 64.2 Å². The van der Waals surface area contributed by atoms with E-state index in [-0.39, 0.29) is 0 Å². The molecule has 15 N–H and O–H groups in total. The van der Waals surface area contributed by atoms with Crippen LogP contribution in [-0.2, 0) is 25.4 Å². The second-order valence-electron chi connectivity index (χ2n) is 13.4. The van der Waals surface area contributed by atoms with Gasteiger partial charge >= 0.3 is 23.9 Å². The third kappa shape index (κ3) is 5.54. The van der Waals surface area contributed by atoms with Crippen LogP contribution in [0.3, 0.4) is 0 Å². The van der Waals surface area contributed by atoms with Crippen molar-refractivity contribution in [1.82, 2.24) is 0 Å². The lowest BCUT2D eigenvalue weighted by Crippen LogP contribution is -2.65. The van der Waals surface area contributed by atoms with E-state index in [0.29, 0.717) is 18.2 Å². The van der Waals surface area contributed by atoms with E-state index < -0.39 is 193 Å². The molecule has 0 saturated carbocycles. The largest absolute Gasteiger partial charge is 0.504 e. The number of aliphatic hydroxyl groups is 3. The number of carbonyl (C=O) groups excluding carboxylic acids is 4. The Hall–Kier alpha value is -7.76. The quantitative estimate of drug-likeness (QED) is 0.0697. The van der Waals surface area contributed by atoms with Crippen molar-refractivity contribution < 1.29 is 115 Å². The molecule has 0 aliphatic carbocycles. The highest BCUT2D eigenvalue weighted by Crippen LogP contribution is 2.59. The number of cyclic esters (lactones) is 2. The van der Waals surface area contributed by atoms with Crippen molar-refractivity contribution in [2.24, 2.45) is 0 Å². The molecule has 4 aliphatic rings. The number of fused-ring (bicyclic) bond motifs is 5. The van der Waals surface area contributed by atoms with Crippen LogP contribution >= 0.6 is 0 Å². The fourth-order valence-corrected chi connectivity index (χ4v) is 7.21. The molecule has 8 rings (SSSR count). The predicted octanol–water partition coefficient (Wildman–Crippen LogP) is -0.358. The summed E-state index contributed by atoms with van der Waals surface area (Å²) in [5, 5.41) is 162. The Morgan fingerprint density at radius 3 is 1.59 bits per heavy atom. The third-order valence-corrected chi connectivity index (χ3v) is 10.2. The molecule has 0 radical (unpaired) electrons. The van der Waals surface area contributed by atoms with Gasteiger partial charge in [-0.15, -0.1) is 0 Å². The molecule has 0 aromatic heterocycles.